The number of hydrogen-bond donors (Lipinski definition) is 2. The number of hydrogen-bond acceptors (Lipinski definition) is 3. The summed E-state index contributed by atoms with van der Waals surface area (Å²) < 4.78 is 0. The summed E-state index contributed by atoms with van der Waals surface area (Å²) in [4.78, 5) is 2.13. The fraction of sp³-hybridized carbons (Fsp3) is 1.00. The first kappa shape index (κ1) is 12.0. The minimum atomic E-state index is -0.368. The number of nitrogens with two attached hydrogens (primary N) is 1. The molecule has 1 saturated carbocycles. The minimum Gasteiger partial charge on any atom is -0.390 e. The van der Waals surface area contributed by atoms with E-state index >= 15 is 0 Å². The van der Waals surface area contributed by atoms with E-state index in [1.165, 1.54) is 32.1 Å². The van der Waals surface area contributed by atoms with Gasteiger partial charge in [-0.2, -0.15) is 0 Å². The summed E-state index contributed by atoms with van der Waals surface area (Å²) in [6.07, 6.45) is 6.11. The maximum Gasteiger partial charge on any atom is 0.0819 e. The van der Waals surface area contributed by atoms with Crippen LogP contribution in [0, 0.1) is 5.92 Å². The molecule has 14 heavy (non-hydrogen) atoms. The maximum atomic E-state index is 9.87. The minimum absolute atomic E-state index is 0.250. The molecule has 0 radical (unpaired) electrons. The first-order chi connectivity index (χ1) is 6.66. The summed E-state index contributed by atoms with van der Waals surface area (Å²) in [6, 6.07) is 0.250. The second kappa shape index (κ2) is 5.69. The summed E-state index contributed by atoms with van der Waals surface area (Å²) in [7, 11) is 4.08. The Morgan fingerprint density at radius 1 is 1.29 bits per heavy atom. The number of aliphatic hydroxyl groups excluding tert-OH is 1. The molecular weight excluding hydrogens is 176 g/mol. The second-order valence-electron chi connectivity index (χ2n) is 4.66. The molecule has 0 bridgehead atoms. The SMILES string of the molecule is CN(C)C(C(O)CN)C1CCCCC1. The molecule has 0 aliphatic heterocycles. The molecule has 0 heterocycles. The van der Waals surface area contributed by atoms with Gasteiger partial charge in [0.1, 0.15) is 0 Å². The predicted octanol–water partition coefficient (Wildman–Crippen LogP) is 0.816. The van der Waals surface area contributed by atoms with Gasteiger partial charge in [0.25, 0.3) is 0 Å². The molecule has 1 aliphatic carbocycles. The highest BCUT2D eigenvalue weighted by Gasteiger charge is 2.30. The Bertz CT molecular complexity index is 155. The lowest BCUT2D eigenvalue weighted by atomic mass is 9.81. The first-order valence-electron chi connectivity index (χ1n) is 5.71. The van der Waals surface area contributed by atoms with Crippen molar-refractivity contribution in [3.8, 4) is 0 Å². The Kier molecular flexibility index (Phi) is 4.85. The third-order valence-electron chi connectivity index (χ3n) is 3.36. The molecule has 0 amide bonds. The Hall–Kier alpha value is -0.120. The topological polar surface area (TPSA) is 49.5 Å². The van der Waals surface area contributed by atoms with Crippen LogP contribution in [0.25, 0.3) is 0 Å². The van der Waals surface area contributed by atoms with Crippen LogP contribution in [0.1, 0.15) is 32.1 Å². The molecule has 3 nitrogen and oxygen atoms in total. The number of likely N-dealkylation sites (N-methyl/N-ethyl adjacent to an activating group) is 1. The Morgan fingerprint density at radius 2 is 1.86 bits per heavy atom. The Morgan fingerprint density at radius 3 is 2.29 bits per heavy atom. The van der Waals surface area contributed by atoms with Gasteiger partial charge in [-0.25, -0.2) is 0 Å². The van der Waals surface area contributed by atoms with Crippen LogP contribution in [0.3, 0.4) is 0 Å². The first-order valence-corrected chi connectivity index (χ1v) is 5.71. The van der Waals surface area contributed by atoms with Gasteiger partial charge >= 0.3 is 0 Å². The molecule has 84 valence electrons. The molecule has 2 atom stereocenters. The van der Waals surface area contributed by atoms with Crippen molar-refractivity contribution in [2.45, 2.75) is 44.2 Å². The molecular formula is C11H24N2O. The van der Waals surface area contributed by atoms with Gasteiger partial charge in [0.15, 0.2) is 0 Å². The monoisotopic (exact) mass is 200 g/mol. The molecule has 1 rings (SSSR count). The van der Waals surface area contributed by atoms with Gasteiger partial charge in [0.05, 0.1) is 6.10 Å². The lowest BCUT2D eigenvalue weighted by molar-refractivity contribution is 0.0350. The van der Waals surface area contributed by atoms with E-state index in [1.807, 2.05) is 14.1 Å². The lowest BCUT2D eigenvalue weighted by Crippen LogP contribution is -2.48. The highest BCUT2D eigenvalue weighted by Crippen LogP contribution is 2.29. The van der Waals surface area contributed by atoms with Crippen LogP contribution in [0.4, 0.5) is 0 Å². The molecule has 3 heteroatoms. The van der Waals surface area contributed by atoms with Crippen molar-refractivity contribution < 1.29 is 5.11 Å². The molecule has 0 saturated heterocycles. The predicted molar refractivity (Wildman–Crippen MR) is 59.1 cm³/mol. The van der Waals surface area contributed by atoms with Gasteiger partial charge in [-0.1, -0.05) is 19.3 Å². The van der Waals surface area contributed by atoms with Crippen LogP contribution >= 0.6 is 0 Å². The third kappa shape index (κ3) is 2.94. The summed E-state index contributed by atoms with van der Waals surface area (Å²) in [5.74, 6) is 0.636. The normalized spacial score (nSPS) is 23.8. The second-order valence-corrected chi connectivity index (χ2v) is 4.66. The molecule has 0 aromatic heterocycles. The van der Waals surface area contributed by atoms with Gasteiger partial charge in [-0.3, -0.25) is 0 Å². The number of aliphatic hydroxyl groups is 1. The summed E-state index contributed by atoms with van der Waals surface area (Å²) in [6.45, 7) is 0.374. The van der Waals surface area contributed by atoms with Crippen molar-refractivity contribution in [3.63, 3.8) is 0 Å². The van der Waals surface area contributed by atoms with Crippen molar-refractivity contribution in [3.05, 3.63) is 0 Å². The number of nitrogens with zero attached hydrogens (tertiary/aromatic N) is 1. The molecule has 1 aliphatic rings. The van der Waals surface area contributed by atoms with E-state index < -0.39 is 0 Å². The van der Waals surface area contributed by atoms with Crippen molar-refractivity contribution in [2.75, 3.05) is 20.6 Å². The quantitative estimate of drug-likeness (QED) is 0.706. The van der Waals surface area contributed by atoms with Crippen LogP contribution in [0.2, 0.25) is 0 Å². The van der Waals surface area contributed by atoms with E-state index in [2.05, 4.69) is 4.90 Å². The van der Waals surface area contributed by atoms with Crippen molar-refractivity contribution in [2.24, 2.45) is 11.7 Å². The van der Waals surface area contributed by atoms with E-state index in [0.29, 0.717) is 12.5 Å². The maximum absolute atomic E-state index is 9.87. The molecule has 3 N–H and O–H groups in total. The third-order valence-corrected chi connectivity index (χ3v) is 3.36. The van der Waals surface area contributed by atoms with Crippen molar-refractivity contribution in [1.29, 1.82) is 0 Å². The zero-order chi connectivity index (χ0) is 10.6. The molecule has 1 fully saturated rings. The molecule has 2 unspecified atom stereocenters. The van der Waals surface area contributed by atoms with Crippen LogP contribution in [-0.2, 0) is 0 Å². The van der Waals surface area contributed by atoms with Gasteiger partial charge in [0.2, 0.25) is 0 Å². The van der Waals surface area contributed by atoms with Crippen molar-refractivity contribution in [1.82, 2.24) is 4.90 Å². The van der Waals surface area contributed by atoms with Crippen LogP contribution in [0.15, 0.2) is 0 Å². The summed E-state index contributed by atoms with van der Waals surface area (Å²) in [5.41, 5.74) is 5.54. The Labute approximate surface area is 87.3 Å². The zero-order valence-electron chi connectivity index (χ0n) is 9.45. The van der Waals surface area contributed by atoms with E-state index in [1.54, 1.807) is 0 Å². The van der Waals surface area contributed by atoms with Crippen LogP contribution in [-0.4, -0.2) is 42.8 Å². The fourth-order valence-electron chi connectivity index (χ4n) is 2.70. The highest BCUT2D eigenvalue weighted by molar-refractivity contribution is 4.85. The van der Waals surface area contributed by atoms with E-state index in [4.69, 9.17) is 5.73 Å². The van der Waals surface area contributed by atoms with E-state index in [-0.39, 0.29) is 12.1 Å². The number of rotatable bonds is 4. The molecule has 0 aromatic carbocycles. The van der Waals surface area contributed by atoms with Crippen molar-refractivity contribution >= 4 is 0 Å². The van der Waals surface area contributed by atoms with Crippen LogP contribution < -0.4 is 5.73 Å². The Balaban J connectivity index is 2.56. The molecule has 0 aromatic rings. The average molecular weight is 200 g/mol. The largest absolute Gasteiger partial charge is 0.390 e. The average Bonchev–Trinajstić information content (AvgIpc) is 2.19. The van der Waals surface area contributed by atoms with Gasteiger partial charge < -0.3 is 15.7 Å². The zero-order valence-corrected chi connectivity index (χ0v) is 9.45. The summed E-state index contributed by atoms with van der Waals surface area (Å²) in [5, 5.41) is 9.87. The van der Waals surface area contributed by atoms with Gasteiger partial charge in [0, 0.05) is 12.6 Å². The highest BCUT2D eigenvalue weighted by atomic mass is 16.3. The molecule has 0 spiro atoms. The van der Waals surface area contributed by atoms with Gasteiger partial charge in [-0.05, 0) is 32.9 Å². The lowest BCUT2D eigenvalue weighted by Gasteiger charge is -2.37. The van der Waals surface area contributed by atoms with Crippen LogP contribution in [0.5, 0.6) is 0 Å². The van der Waals surface area contributed by atoms with E-state index in [9.17, 15) is 5.11 Å². The smallest absolute Gasteiger partial charge is 0.0819 e. The van der Waals surface area contributed by atoms with E-state index in [0.717, 1.165) is 0 Å². The summed E-state index contributed by atoms with van der Waals surface area (Å²) >= 11 is 0. The standard InChI is InChI=1S/C11H24N2O/c1-13(2)11(10(14)8-12)9-6-4-3-5-7-9/h9-11,14H,3-8,12H2,1-2H3. The van der Waals surface area contributed by atoms with Gasteiger partial charge in [-0.15, -0.1) is 0 Å². The fourth-order valence-corrected chi connectivity index (χ4v) is 2.70.